The smallest absolute Gasteiger partial charge is 0.330 e. The van der Waals surface area contributed by atoms with Gasteiger partial charge in [0.25, 0.3) is 0 Å². The Balaban J connectivity index is 2.04. The Bertz CT molecular complexity index is 712. The van der Waals surface area contributed by atoms with Gasteiger partial charge in [-0.25, -0.2) is 4.79 Å². The third kappa shape index (κ3) is 7.56. The highest BCUT2D eigenvalue weighted by molar-refractivity contribution is 5.82. The largest absolute Gasteiger partial charge is 0.463 e. The Morgan fingerprint density at radius 1 is 0.889 bits per heavy atom. The van der Waals surface area contributed by atoms with Crippen molar-refractivity contribution in [2.45, 2.75) is 32.3 Å². The monoisotopic (exact) mass is 368 g/mol. The van der Waals surface area contributed by atoms with Crippen LogP contribution >= 0.6 is 0 Å². The third-order valence-electron chi connectivity index (χ3n) is 3.74. The summed E-state index contributed by atoms with van der Waals surface area (Å²) in [5.41, 5.74) is 1.90. The van der Waals surface area contributed by atoms with Crippen molar-refractivity contribution in [3.63, 3.8) is 0 Å². The molecule has 0 saturated heterocycles. The van der Waals surface area contributed by atoms with Crippen LogP contribution in [0.3, 0.4) is 0 Å². The second-order valence-electron chi connectivity index (χ2n) is 5.77. The molecule has 0 heterocycles. The number of carbonyl (C=O) groups is 2. The van der Waals surface area contributed by atoms with Gasteiger partial charge in [-0.05, 0) is 24.1 Å². The minimum absolute atomic E-state index is 0.267. The van der Waals surface area contributed by atoms with Crippen molar-refractivity contribution in [1.82, 2.24) is 0 Å². The van der Waals surface area contributed by atoms with E-state index in [1.807, 2.05) is 60.7 Å². The summed E-state index contributed by atoms with van der Waals surface area (Å²) in [5, 5.41) is 0. The standard InChI is InChI=1S/C22H24O5/c1-2-25-22(24)14-13-20(26-16-18-9-5-3-6-10-18)21(15-23)27-17-19-11-7-4-8-12-19/h3-15,20-21H,2,16-17H2,1H3/b14-13-/t20-,21-/m0/s1. The summed E-state index contributed by atoms with van der Waals surface area (Å²) in [5.74, 6) is -0.487. The van der Waals surface area contributed by atoms with Crippen LogP contribution in [0.2, 0.25) is 0 Å². The number of hydrogen-bond acceptors (Lipinski definition) is 5. The molecule has 2 aromatic rings. The zero-order valence-corrected chi connectivity index (χ0v) is 15.3. The summed E-state index contributed by atoms with van der Waals surface area (Å²) in [4.78, 5) is 23.2. The van der Waals surface area contributed by atoms with Crippen molar-refractivity contribution in [3.8, 4) is 0 Å². The van der Waals surface area contributed by atoms with E-state index in [1.165, 1.54) is 12.2 Å². The van der Waals surface area contributed by atoms with Crippen molar-refractivity contribution in [1.29, 1.82) is 0 Å². The topological polar surface area (TPSA) is 61.8 Å². The van der Waals surface area contributed by atoms with Gasteiger partial charge < -0.3 is 19.0 Å². The van der Waals surface area contributed by atoms with Gasteiger partial charge in [0.15, 0.2) is 6.29 Å². The molecular formula is C22H24O5. The molecule has 0 radical (unpaired) electrons. The second-order valence-corrected chi connectivity index (χ2v) is 5.77. The summed E-state index contributed by atoms with van der Waals surface area (Å²) >= 11 is 0. The lowest BCUT2D eigenvalue weighted by atomic mass is 10.2. The van der Waals surface area contributed by atoms with Crippen LogP contribution in [0.15, 0.2) is 72.8 Å². The van der Waals surface area contributed by atoms with E-state index in [0.717, 1.165) is 11.1 Å². The Morgan fingerprint density at radius 3 is 1.89 bits per heavy atom. The number of hydrogen-bond donors (Lipinski definition) is 0. The Hall–Kier alpha value is -2.76. The van der Waals surface area contributed by atoms with E-state index in [9.17, 15) is 9.59 Å². The number of ether oxygens (including phenoxy) is 3. The van der Waals surface area contributed by atoms with Crippen LogP contribution in [0.4, 0.5) is 0 Å². The molecule has 0 saturated carbocycles. The molecule has 142 valence electrons. The number of benzene rings is 2. The Morgan fingerprint density at radius 2 is 1.41 bits per heavy atom. The normalized spacial score (nSPS) is 13.2. The summed E-state index contributed by atoms with van der Waals surface area (Å²) in [7, 11) is 0. The average Bonchev–Trinajstić information content (AvgIpc) is 2.71. The Kier molecular flexibility index (Phi) is 8.96. The van der Waals surface area contributed by atoms with Gasteiger partial charge in [-0.2, -0.15) is 0 Å². The average molecular weight is 368 g/mol. The lowest BCUT2D eigenvalue weighted by Crippen LogP contribution is -2.31. The van der Waals surface area contributed by atoms with Crippen molar-refractivity contribution in [2.24, 2.45) is 0 Å². The lowest BCUT2D eigenvalue weighted by Gasteiger charge is -2.21. The summed E-state index contributed by atoms with van der Waals surface area (Å²) in [6.45, 7) is 2.56. The molecule has 0 amide bonds. The van der Waals surface area contributed by atoms with Crippen LogP contribution in [0, 0.1) is 0 Å². The quantitative estimate of drug-likeness (QED) is 0.345. The van der Waals surface area contributed by atoms with Gasteiger partial charge in [0.05, 0.1) is 19.8 Å². The molecule has 0 aliphatic heterocycles. The van der Waals surface area contributed by atoms with Gasteiger partial charge in [0.1, 0.15) is 12.2 Å². The van der Waals surface area contributed by atoms with Crippen molar-refractivity contribution < 1.29 is 23.8 Å². The van der Waals surface area contributed by atoms with Crippen molar-refractivity contribution >= 4 is 12.3 Å². The van der Waals surface area contributed by atoms with Crippen LogP contribution in [-0.4, -0.2) is 31.1 Å². The molecule has 0 bridgehead atoms. The van der Waals surface area contributed by atoms with Gasteiger partial charge in [-0.15, -0.1) is 0 Å². The van der Waals surface area contributed by atoms with Crippen LogP contribution in [0.1, 0.15) is 18.1 Å². The fourth-order valence-corrected chi connectivity index (χ4v) is 2.37. The molecule has 5 nitrogen and oxygen atoms in total. The number of esters is 1. The van der Waals surface area contributed by atoms with Crippen LogP contribution < -0.4 is 0 Å². The number of rotatable bonds is 11. The molecule has 0 aliphatic carbocycles. The van der Waals surface area contributed by atoms with Gasteiger partial charge in [-0.3, -0.25) is 0 Å². The molecule has 27 heavy (non-hydrogen) atoms. The highest BCUT2D eigenvalue weighted by Gasteiger charge is 2.21. The predicted octanol–water partition coefficient (Wildman–Crippen LogP) is 3.48. The summed E-state index contributed by atoms with van der Waals surface area (Å²) in [6, 6.07) is 19.1. The first-order valence-corrected chi connectivity index (χ1v) is 8.84. The van der Waals surface area contributed by atoms with E-state index in [4.69, 9.17) is 14.2 Å². The number of carbonyl (C=O) groups excluding carboxylic acids is 2. The zero-order valence-electron chi connectivity index (χ0n) is 15.3. The van der Waals surface area contributed by atoms with E-state index in [1.54, 1.807) is 6.92 Å². The maximum atomic E-state index is 11.6. The van der Waals surface area contributed by atoms with Crippen LogP contribution in [-0.2, 0) is 37.0 Å². The second kappa shape index (κ2) is 11.8. The molecule has 2 aromatic carbocycles. The molecule has 2 rings (SSSR count). The minimum atomic E-state index is -0.848. The predicted molar refractivity (Wildman–Crippen MR) is 102 cm³/mol. The first-order valence-electron chi connectivity index (χ1n) is 8.84. The maximum Gasteiger partial charge on any atom is 0.330 e. The first kappa shape index (κ1) is 20.6. The molecule has 0 aliphatic rings. The zero-order chi connectivity index (χ0) is 19.3. The van der Waals surface area contributed by atoms with Gasteiger partial charge in [-0.1, -0.05) is 60.7 Å². The van der Waals surface area contributed by atoms with Gasteiger partial charge in [0.2, 0.25) is 0 Å². The lowest BCUT2D eigenvalue weighted by molar-refractivity contribution is -0.137. The van der Waals surface area contributed by atoms with Gasteiger partial charge in [0, 0.05) is 6.08 Å². The van der Waals surface area contributed by atoms with Crippen molar-refractivity contribution in [2.75, 3.05) is 6.61 Å². The van der Waals surface area contributed by atoms with Gasteiger partial charge >= 0.3 is 5.97 Å². The molecule has 0 N–H and O–H groups in total. The molecular weight excluding hydrogens is 344 g/mol. The molecule has 2 atom stereocenters. The summed E-state index contributed by atoms with van der Waals surface area (Å²) in [6.07, 6.45) is 1.90. The molecule has 0 fully saturated rings. The van der Waals surface area contributed by atoms with E-state index in [-0.39, 0.29) is 19.8 Å². The molecule has 0 aromatic heterocycles. The first-order chi connectivity index (χ1) is 13.2. The highest BCUT2D eigenvalue weighted by Crippen LogP contribution is 2.12. The summed E-state index contributed by atoms with van der Waals surface area (Å²) < 4.78 is 16.5. The fraction of sp³-hybridized carbons (Fsp3) is 0.273. The molecule has 0 unspecified atom stereocenters. The minimum Gasteiger partial charge on any atom is -0.463 e. The highest BCUT2D eigenvalue weighted by atomic mass is 16.5. The third-order valence-corrected chi connectivity index (χ3v) is 3.74. The number of aldehydes is 1. The molecule has 0 spiro atoms. The van der Waals surface area contributed by atoms with E-state index < -0.39 is 18.2 Å². The SMILES string of the molecule is CCOC(=O)/C=C\[C@H](OCc1ccccc1)[C@H](C=O)OCc1ccccc1. The fourth-order valence-electron chi connectivity index (χ4n) is 2.37. The van der Waals surface area contributed by atoms with E-state index in [2.05, 4.69) is 0 Å². The van der Waals surface area contributed by atoms with Crippen molar-refractivity contribution in [3.05, 3.63) is 83.9 Å². The maximum absolute atomic E-state index is 11.6. The van der Waals surface area contributed by atoms with Crippen LogP contribution in [0.5, 0.6) is 0 Å². The molecule has 5 heteroatoms. The Labute approximate surface area is 159 Å². The van der Waals surface area contributed by atoms with E-state index >= 15 is 0 Å². The van der Waals surface area contributed by atoms with E-state index in [0.29, 0.717) is 6.29 Å². The van der Waals surface area contributed by atoms with Crippen LogP contribution in [0.25, 0.3) is 0 Å².